The first kappa shape index (κ1) is 14.6. The number of hydrogen-bond donors (Lipinski definition) is 1. The number of nitrogens with zero attached hydrogens (tertiary/aromatic N) is 2. The lowest BCUT2D eigenvalue weighted by Crippen LogP contribution is -2.24. The van der Waals surface area contributed by atoms with Crippen LogP contribution in [0.15, 0.2) is 17.5 Å². The molecule has 0 saturated heterocycles. The molecule has 0 aromatic carbocycles. The van der Waals surface area contributed by atoms with Gasteiger partial charge >= 0.3 is 0 Å². The first-order valence-corrected chi connectivity index (χ1v) is 7.83. The Bertz CT molecular complexity index is 533. The molecule has 2 aromatic rings. The van der Waals surface area contributed by atoms with Crippen molar-refractivity contribution in [3.8, 4) is 0 Å². The van der Waals surface area contributed by atoms with Crippen LogP contribution in [0.3, 0.4) is 0 Å². The Hall–Kier alpha value is -0.840. The summed E-state index contributed by atoms with van der Waals surface area (Å²) in [5.74, 6) is 0. The number of nitrogens with one attached hydrogen (secondary N) is 1. The molecule has 0 amide bonds. The number of aryl methyl sites for hydroxylation is 2. The third kappa shape index (κ3) is 3.59. The Kier molecular flexibility index (Phi) is 5.02. The molecule has 0 aliphatic heterocycles. The number of hydrogen-bond acceptors (Lipinski definition) is 3. The highest BCUT2D eigenvalue weighted by atomic mass is 35.5. The fourth-order valence-corrected chi connectivity index (χ4v) is 3.46. The Balaban J connectivity index is 2.19. The van der Waals surface area contributed by atoms with E-state index in [-0.39, 0.29) is 6.04 Å². The van der Waals surface area contributed by atoms with Gasteiger partial charge in [0, 0.05) is 30.1 Å². The van der Waals surface area contributed by atoms with Crippen molar-refractivity contribution in [3.63, 3.8) is 0 Å². The average Bonchev–Trinajstić information content (AvgIpc) is 2.91. The third-order valence-electron chi connectivity index (χ3n) is 3.11. The van der Waals surface area contributed by atoms with Crippen molar-refractivity contribution in [1.82, 2.24) is 15.1 Å². The zero-order valence-electron chi connectivity index (χ0n) is 11.6. The second-order valence-corrected chi connectivity index (χ2v) is 6.10. The molecule has 0 saturated carbocycles. The zero-order valence-corrected chi connectivity index (χ0v) is 13.2. The summed E-state index contributed by atoms with van der Waals surface area (Å²) in [5.41, 5.74) is 2.29. The predicted octanol–water partition coefficient (Wildman–Crippen LogP) is 3.73. The summed E-state index contributed by atoms with van der Waals surface area (Å²) in [6.45, 7) is 5.19. The Morgan fingerprint density at radius 2 is 2.32 bits per heavy atom. The van der Waals surface area contributed by atoms with Crippen LogP contribution in [0.1, 0.15) is 35.7 Å². The molecule has 1 unspecified atom stereocenters. The number of halogens is 1. The number of thiophene rings is 1. The van der Waals surface area contributed by atoms with Crippen LogP contribution < -0.4 is 5.32 Å². The van der Waals surface area contributed by atoms with Crippen molar-refractivity contribution in [2.24, 2.45) is 7.05 Å². The molecule has 0 radical (unpaired) electrons. The van der Waals surface area contributed by atoms with E-state index in [4.69, 9.17) is 11.6 Å². The Morgan fingerprint density at radius 1 is 1.53 bits per heavy atom. The zero-order chi connectivity index (χ0) is 13.8. The summed E-state index contributed by atoms with van der Waals surface area (Å²) >= 11 is 7.99. The molecule has 2 aromatic heterocycles. The van der Waals surface area contributed by atoms with Gasteiger partial charge in [-0.1, -0.05) is 18.5 Å². The quantitative estimate of drug-likeness (QED) is 0.880. The van der Waals surface area contributed by atoms with E-state index in [2.05, 4.69) is 23.4 Å². The highest BCUT2D eigenvalue weighted by molar-refractivity contribution is 7.10. The van der Waals surface area contributed by atoms with Gasteiger partial charge in [0.05, 0.1) is 10.7 Å². The molecular formula is C14H20ClN3S. The molecule has 1 N–H and O–H groups in total. The highest BCUT2D eigenvalue weighted by Gasteiger charge is 2.18. The van der Waals surface area contributed by atoms with Crippen LogP contribution in [-0.2, 0) is 13.5 Å². The van der Waals surface area contributed by atoms with E-state index < -0.39 is 0 Å². The van der Waals surface area contributed by atoms with Crippen molar-refractivity contribution in [1.29, 1.82) is 0 Å². The molecule has 19 heavy (non-hydrogen) atoms. The van der Waals surface area contributed by atoms with Crippen LogP contribution in [0.25, 0.3) is 0 Å². The minimum atomic E-state index is 0.266. The minimum Gasteiger partial charge on any atom is -0.309 e. The van der Waals surface area contributed by atoms with Crippen molar-refractivity contribution in [2.45, 2.75) is 32.7 Å². The maximum atomic E-state index is 6.27. The van der Waals surface area contributed by atoms with E-state index in [1.165, 1.54) is 10.6 Å². The molecule has 0 aliphatic rings. The molecule has 3 nitrogen and oxygen atoms in total. The van der Waals surface area contributed by atoms with Crippen molar-refractivity contribution >= 4 is 22.9 Å². The number of aromatic nitrogens is 2. The summed E-state index contributed by atoms with van der Waals surface area (Å²) in [7, 11) is 2.00. The van der Waals surface area contributed by atoms with Gasteiger partial charge in [0.2, 0.25) is 0 Å². The standard InChI is InChI=1S/C14H20ClN3S/c1-4-6-16-13(14-12(15)5-7-19-14)9-11-8-10(2)17-18(11)3/h5,7-8,13,16H,4,6,9H2,1-3H3. The SMILES string of the molecule is CCCNC(Cc1cc(C)nn1C)c1sccc1Cl. The fraction of sp³-hybridized carbons (Fsp3) is 0.500. The van der Waals surface area contributed by atoms with Gasteiger partial charge < -0.3 is 5.32 Å². The maximum absolute atomic E-state index is 6.27. The van der Waals surface area contributed by atoms with E-state index in [1.807, 2.05) is 30.1 Å². The normalized spacial score (nSPS) is 12.8. The molecule has 0 spiro atoms. The van der Waals surface area contributed by atoms with Crippen LogP contribution >= 0.6 is 22.9 Å². The minimum absolute atomic E-state index is 0.266. The van der Waals surface area contributed by atoms with Crippen molar-refractivity contribution in [3.05, 3.63) is 38.8 Å². The first-order valence-electron chi connectivity index (χ1n) is 6.57. The topological polar surface area (TPSA) is 29.9 Å². The molecule has 2 heterocycles. The third-order valence-corrected chi connectivity index (χ3v) is 4.59. The van der Waals surface area contributed by atoms with Gasteiger partial charge in [-0.15, -0.1) is 11.3 Å². The number of rotatable bonds is 6. The second-order valence-electron chi connectivity index (χ2n) is 4.74. The molecule has 5 heteroatoms. The lowest BCUT2D eigenvalue weighted by molar-refractivity contribution is 0.519. The van der Waals surface area contributed by atoms with Crippen LogP contribution in [0.2, 0.25) is 5.02 Å². The van der Waals surface area contributed by atoms with Gasteiger partial charge in [-0.3, -0.25) is 4.68 Å². The van der Waals surface area contributed by atoms with Crippen LogP contribution in [-0.4, -0.2) is 16.3 Å². The molecule has 0 fully saturated rings. The summed E-state index contributed by atoms with van der Waals surface area (Å²) in [6.07, 6.45) is 2.03. The summed E-state index contributed by atoms with van der Waals surface area (Å²) in [6, 6.07) is 4.38. The van der Waals surface area contributed by atoms with Gasteiger partial charge in [-0.05, 0) is 37.4 Å². The molecule has 2 rings (SSSR count). The summed E-state index contributed by atoms with van der Waals surface area (Å²) < 4.78 is 1.96. The van der Waals surface area contributed by atoms with Crippen molar-refractivity contribution in [2.75, 3.05) is 6.54 Å². The summed E-state index contributed by atoms with van der Waals surface area (Å²) in [4.78, 5) is 1.22. The fourth-order valence-electron chi connectivity index (χ4n) is 2.19. The van der Waals surface area contributed by atoms with Crippen molar-refractivity contribution < 1.29 is 0 Å². The lowest BCUT2D eigenvalue weighted by Gasteiger charge is -2.18. The predicted molar refractivity (Wildman–Crippen MR) is 82.0 cm³/mol. The summed E-state index contributed by atoms with van der Waals surface area (Å²) in [5, 5.41) is 10.9. The Labute approximate surface area is 123 Å². The smallest absolute Gasteiger partial charge is 0.0596 e. The second kappa shape index (κ2) is 6.55. The first-order chi connectivity index (χ1) is 9.11. The largest absolute Gasteiger partial charge is 0.309 e. The van der Waals surface area contributed by atoms with E-state index >= 15 is 0 Å². The molecule has 0 aliphatic carbocycles. The average molecular weight is 298 g/mol. The highest BCUT2D eigenvalue weighted by Crippen LogP contribution is 2.30. The molecule has 104 valence electrons. The molecule has 1 atom stereocenters. The van der Waals surface area contributed by atoms with E-state index in [0.717, 1.165) is 30.1 Å². The van der Waals surface area contributed by atoms with Crippen LogP contribution in [0.4, 0.5) is 0 Å². The van der Waals surface area contributed by atoms with Gasteiger partial charge in [0.1, 0.15) is 0 Å². The van der Waals surface area contributed by atoms with E-state index in [9.17, 15) is 0 Å². The van der Waals surface area contributed by atoms with E-state index in [1.54, 1.807) is 11.3 Å². The maximum Gasteiger partial charge on any atom is 0.0596 e. The van der Waals surface area contributed by atoms with Gasteiger partial charge in [-0.25, -0.2) is 0 Å². The molecular weight excluding hydrogens is 278 g/mol. The Morgan fingerprint density at radius 3 is 2.84 bits per heavy atom. The monoisotopic (exact) mass is 297 g/mol. The lowest BCUT2D eigenvalue weighted by atomic mass is 10.1. The van der Waals surface area contributed by atoms with Gasteiger partial charge in [-0.2, -0.15) is 5.10 Å². The molecule has 0 bridgehead atoms. The van der Waals surface area contributed by atoms with Crippen LogP contribution in [0, 0.1) is 6.92 Å². The van der Waals surface area contributed by atoms with Gasteiger partial charge in [0.15, 0.2) is 0 Å². The van der Waals surface area contributed by atoms with Crippen LogP contribution in [0.5, 0.6) is 0 Å². The van der Waals surface area contributed by atoms with E-state index in [0.29, 0.717) is 0 Å². The van der Waals surface area contributed by atoms with Gasteiger partial charge in [0.25, 0.3) is 0 Å².